The third-order valence-corrected chi connectivity index (χ3v) is 11.6. The minimum absolute atomic E-state index is 1.14. The van der Waals surface area contributed by atoms with Gasteiger partial charge in [-0.05, 0) is 31.8 Å². The first kappa shape index (κ1) is 20.8. The highest BCUT2D eigenvalue weighted by Gasteiger charge is 2.17. The molecule has 4 aromatic rings. The van der Waals surface area contributed by atoms with E-state index in [1.165, 1.54) is 31.8 Å². The van der Waals surface area contributed by atoms with E-state index in [1.54, 1.807) is 0 Å². The molecule has 32 heavy (non-hydrogen) atoms. The summed E-state index contributed by atoms with van der Waals surface area (Å²) in [6, 6.07) is 44.2. The van der Waals surface area contributed by atoms with Crippen molar-refractivity contribution in [2.24, 2.45) is 0 Å². The minimum atomic E-state index is -1.14. The lowest BCUT2D eigenvalue weighted by molar-refractivity contribution is 1.76. The molecule has 0 bridgehead atoms. The summed E-state index contributed by atoms with van der Waals surface area (Å²) in [6.07, 6.45) is 9.18. The van der Waals surface area contributed by atoms with E-state index in [0.29, 0.717) is 0 Å². The Morgan fingerprint density at radius 1 is 0.312 bits per heavy atom. The van der Waals surface area contributed by atoms with Gasteiger partial charge in [0.2, 0.25) is 0 Å². The topological polar surface area (TPSA) is 0 Å². The van der Waals surface area contributed by atoms with Gasteiger partial charge in [-0.2, -0.15) is 0 Å². The van der Waals surface area contributed by atoms with Crippen molar-refractivity contribution in [3.8, 4) is 0 Å². The predicted molar refractivity (Wildman–Crippen MR) is 149 cm³/mol. The lowest BCUT2D eigenvalue weighted by Crippen LogP contribution is -2.22. The van der Waals surface area contributed by atoms with Crippen LogP contribution < -0.4 is 21.2 Å². The average molecular weight is 448 g/mol. The van der Waals surface area contributed by atoms with Crippen LogP contribution in [-0.4, -0.2) is 10.6 Å². The summed E-state index contributed by atoms with van der Waals surface area (Å²) in [4.78, 5) is 0. The highest BCUT2D eigenvalue weighted by atomic mass is 31.1. The molecule has 1 aliphatic carbocycles. The van der Waals surface area contributed by atoms with Crippen LogP contribution in [0.15, 0.2) is 146 Å². The van der Waals surface area contributed by atoms with Crippen molar-refractivity contribution in [1.82, 2.24) is 0 Å². The molecular weight excluding hydrogens is 422 g/mol. The zero-order chi connectivity index (χ0) is 21.6. The minimum Gasteiger partial charge on any atom is -0.0622 e. The van der Waals surface area contributed by atoms with Crippen molar-refractivity contribution in [2.75, 3.05) is 0 Å². The van der Waals surface area contributed by atoms with Gasteiger partial charge in [0.1, 0.15) is 0 Å². The average Bonchev–Trinajstić information content (AvgIpc) is 2.88. The summed E-state index contributed by atoms with van der Waals surface area (Å²) in [7, 11) is -2.28. The van der Waals surface area contributed by atoms with Crippen LogP contribution in [0, 0.1) is 0 Å². The maximum Gasteiger partial charge on any atom is -0.0148 e. The Kier molecular flexibility index (Phi) is 6.55. The van der Waals surface area contributed by atoms with Crippen LogP contribution in [0.3, 0.4) is 0 Å². The molecule has 0 fully saturated rings. The van der Waals surface area contributed by atoms with Gasteiger partial charge in [-0.1, -0.05) is 161 Å². The molecule has 0 unspecified atom stereocenters. The Morgan fingerprint density at radius 2 is 0.562 bits per heavy atom. The molecule has 0 radical (unpaired) electrons. The molecule has 0 nitrogen and oxygen atoms in total. The molecule has 4 aromatic carbocycles. The molecule has 0 N–H and O–H groups in total. The van der Waals surface area contributed by atoms with Crippen molar-refractivity contribution < 1.29 is 0 Å². The van der Waals surface area contributed by atoms with Crippen LogP contribution in [0.2, 0.25) is 0 Å². The Balaban J connectivity index is 1.87. The summed E-state index contributed by atoms with van der Waals surface area (Å²) in [6.45, 7) is 0. The molecule has 0 atom stereocenters. The first-order valence-corrected chi connectivity index (χ1v) is 14.0. The van der Waals surface area contributed by atoms with E-state index < -0.39 is 15.1 Å². The van der Waals surface area contributed by atoms with Crippen molar-refractivity contribution in [2.45, 2.75) is 0 Å². The zero-order valence-electron chi connectivity index (χ0n) is 17.9. The van der Waals surface area contributed by atoms with Gasteiger partial charge < -0.3 is 0 Å². The maximum absolute atomic E-state index is 2.38. The third kappa shape index (κ3) is 4.44. The number of hydrogen-bond acceptors (Lipinski definition) is 0. The van der Waals surface area contributed by atoms with Crippen LogP contribution in [-0.2, 0) is 0 Å². The molecule has 1 aliphatic rings. The normalized spacial score (nSPS) is 13.2. The Morgan fingerprint density at radius 3 is 0.812 bits per heavy atom. The second-order valence-electron chi connectivity index (χ2n) is 7.76. The van der Waals surface area contributed by atoms with Gasteiger partial charge in [0.05, 0.1) is 0 Å². The van der Waals surface area contributed by atoms with Gasteiger partial charge in [-0.25, -0.2) is 0 Å². The van der Waals surface area contributed by atoms with E-state index in [4.69, 9.17) is 0 Å². The molecule has 0 spiro atoms. The standard InChI is InChI=1S/C30H26P2/c1-5-15-25(16-6-1)31(26-17-7-2-8-18-26)29-23-13-14-24-30(29)32(27-19-9-3-10-20-27)28-21-11-4-12-22-28/h1-24,31-32H. The third-order valence-electron chi connectivity index (χ3n) is 5.72. The van der Waals surface area contributed by atoms with E-state index in [9.17, 15) is 0 Å². The smallest absolute Gasteiger partial charge is 0.0148 e. The molecule has 5 rings (SSSR count). The molecule has 0 saturated carbocycles. The van der Waals surface area contributed by atoms with Gasteiger partial charge in [-0.3, -0.25) is 0 Å². The molecule has 2 heteroatoms. The second-order valence-corrected chi connectivity index (χ2v) is 12.6. The summed E-state index contributed by atoms with van der Waals surface area (Å²) in [5.74, 6) is 0. The first-order valence-electron chi connectivity index (χ1n) is 11.0. The highest BCUT2D eigenvalue weighted by Crippen LogP contribution is 2.33. The number of benzene rings is 4. The highest BCUT2D eigenvalue weighted by molar-refractivity contribution is 7.82. The lowest BCUT2D eigenvalue weighted by Gasteiger charge is -2.23. The van der Waals surface area contributed by atoms with Crippen molar-refractivity contribution in [1.29, 1.82) is 0 Å². The fourth-order valence-corrected chi connectivity index (χ4v) is 10.3. The van der Waals surface area contributed by atoms with Crippen molar-refractivity contribution >= 4 is 46.9 Å². The number of hydrogen-bond donors (Lipinski definition) is 0. The molecule has 156 valence electrons. The van der Waals surface area contributed by atoms with Crippen LogP contribution in [0.4, 0.5) is 0 Å². The van der Waals surface area contributed by atoms with Gasteiger partial charge >= 0.3 is 0 Å². The molecular formula is C30H26P2. The molecule has 0 saturated heterocycles. The van der Waals surface area contributed by atoms with Crippen molar-refractivity contribution in [3.63, 3.8) is 0 Å². The molecule has 0 aliphatic heterocycles. The van der Waals surface area contributed by atoms with E-state index in [-0.39, 0.29) is 0 Å². The fourth-order valence-electron chi connectivity index (χ4n) is 4.29. The van der Waals surface area contributed by atoms with Gasteiger partial charge in [0, 0.05) is 0 Å². The Bertz CT molecular complexity index is 1130. The fraction of sp³-hybridized carbons (Fsp3) is 0. The number of allylic oxidation sites excluding steroid dienone is 4. The van der Waals surface area contributed by atoms with Gasteiger partial charge in [-0.15, -0.1) is 0 Å². The Labute approximate surface area is 192 Å². The summed E-state index contributed by atoms with van der Waals surface area (Å²) in [5.41, 5.74) is 0. The zero-order valence-corrected chi connectivity index (χ0v) is 19.9. The van der Waals surface area contributed by atoms with Crippen LogP contribution in [0.25, 0.3) is 0 Å². The van der Waals surface area contributed by atoms with E-state index in [0.717, 1.165) is 0 Å². The summed E-state index contributed by atoms with van der Waals surface area (Å²) >= 11 is 0. The maximum atomic E-state index is 2.38. The molecule has 0 aromatic heterocycles. The van der Waals surface area contributed by atoms with Crippen molar-refractivity contribution in [3.05, 3.63) is 146 Å². The first-order chi connectivity index (χ1) is 15.9. The Hall–Kier alpha value is -3.04. The monoisotopic (exact) mass is 448 g/mol. The van der Waals surface area contributed by atoms with E-state index >= 15 is 0 Å². The largest absolute Gasteiger partial charge is 0.0622 e. The van der Waals surface area contributed by atoms with Crippen LogP contribution in [0.5, 0.6) is 0 Å². The van der Waals surface area contributed by atoms with E-state index in [2.05, 4.69) is 146 Å². The summed E-state index contributed by atoms with van der Waals surface area (Å²) < 4.78 is 0. The quantitative estimate of drug-likeness (QED) is 0.377. The second kappa shape index (κ2) is 10.1. The molecule has 0 amide bonds. The van der Waals surface area contributed by atoms with Gasteiger partial charge in [0.25, 0.3) is 0 Å². The van der Waals surface area contributed by atoms with Gasteiger partial charge in [0.15, 0.2) is 0 Å². The lowest BCUT2D eigenvalue weighted by atomic mass is 10.2. The SMILES string of the molecule is C1=CC(=[PH](c2ccccc2)c2ccccc2)C(=[PH](c2ccccc2)c2ccccc2)C=C1. The molecule has 0 heterocycles. The van der Waals surface area contributed by atoms with E-state index in [1.807, 2.05) is 0 Å². The van der Waals surface area contributed by atoms with Crippen LogP contribution >= 0.6 is 15.1 Å². The predicted octanol–water partition coefficient (Wildman–Crippen LogP) is 5.19. The number of rotatable bonds is 4. The van der Waals surface area contributed by atoms with Crippen LogP contribution in [0.1, 0.15) is 0 Å². The summed E-state index contributed by atoms with van der Waals surface area (Å²) in [5, 5.41) is 8.71.